The van der Waals surface area contributed by atoms with Crippen LogP contribution in [0.5, 0.6) is 6.01 Å². The van der Waals surface area contributed by atoms with Crippen molar-refractivity contribution in [1.82, 2.24) is 30.0 Å². The second-order valence-electron chi connectivity index (χ2n) is 12.4. The van der Waals surface area contributed by atoms with Gasteiger partial charge in [-0.1, -0.05) is 31.4 Å². The maximum absolute atomic E-state index is 12.6. The number of halogens is 2. The lowest BCUT2D eigenvalue weighted by molar-refractivity contribution is 0.0956. The molecule has 7 rings (SSSR count). The Kier molecular flexibility index (Phi) is 12.3. The number of hydrogen-bond donors (Lipinski definition) is 2. The fourth-order valence-electron chi connectivity index (χ4n) is 7.10. The first-order valence-corrected chi connectivity index (χ1v) is 18.6. The zero-order chi connectivity index (χ0) is 35.2. The van der Waals surface area contributed by atoms with Crippen molar-refractivity contribution in [3.8, 4) is 17.9 Å². The van der Waals surface area contributed by atoms with Crippen LogP contribution < -0.4 is 20.7 Å². The van der Waals surface area contributed by atoms with Gasteiger partial charge in [0.1, 0.15) is 12.0 Å². The minimum Gasteiger partial charge on any atom is -0.467 e. The Bertz CT molecular complexity index is 1710. The van der Waals surface area contributed by atoms with Gasteiger partial charge in [-0.15, -0.1) is 17.7 Å². The molecule has 4 aliphatic rings. The van der Waals surface area contributed by atoms with Crippen LogP contribution in [0.3, 0.4) is 0 Å². The lowest BCUT2D eigenvalue weighted by Gasteiger charge is -2.30. The summed E-state index contributed by atoms with van der Waals surface area (Å²) in [6, 6.07) is 4.70. The SMILES string of the molecule is CC.CC#Cc1cc(N)cc(C2Cc3nc(OC)nc(N4CCCn5nc(C(=O)NC)c(C)c5C4)c3CS2)c1Cl.FC1CC2CCCN2C1. The number of methoxy groups -OCH3 is 1. The second-order valence-corrected chi connectivity index (χ2v) is 14.0. The summed E-state index contributed by atoms with van der Waals surface area (Å²) in [5, 5.41) is 7.99. The quantitative estimate of drug-likeness (QED) is 0.244. The third-order valence-electron chi connectivity index (χ3n) is 9.43. The van der Waals surface area contributed by atoms with Crippen LogP contribution in [0.25, 0.3) is 0 Å². The highest BCUT2D eigenvalue weighted by Crippen LogP contribution is 2.46. The minimum atomic E-state index is -0.518. The van der Waals surface area contributed by atoms with Gasteiger partial charge in [-0.05, 0) is 63.8 Å². The van der Waals surface area contributed by atoms with Crippen LogP contribution in [0.2, 0.25) is 5.02 Å². The first kappa shape index (κ1) is 36.7. The highest BCUT2D eigenvalue weighted by atomic mass is 35.5. The van der Waals surface area contributed by atoms with E-state index in [0.717, 1.165) is 77.7 Å². The first-order chi connectivity index (χ1) is 23.7. The Hall–Kier alpha value is -3.53. The van der Waals surface area contributed by atoms with Gasteiger partial charge in [0.2, 0.25) is 0 Å². The van der Waals surface area contributed by atoms with Crippen molar-refractivity contribution in [2.24, 2.45) is 0 Å². The van der Waals surface area contributed by atoms with Crippen molar-refractivity contribution in [3.05, 3.63) is 56.5 Å². The molecule has 6 heterocycles. The van der Waals surface area contributed by atoms with Crippen molar-refractivity contribution in [1.29, 1.82) is 0 Å². The molecule has 13 heteroatoms. The third-order valence-corrected chi connectivity index (χ3v) is 11.1. The van der Waals surface area contributed by atoms with Crippen molar-refractivity contribution >= 4 is 40.8 Å². The Labute approximate surface area is 298 Å². The van der Waals surface area contributed by atoms with E-state index >= 15 is 0 Å². The maximum atomic E-state index is 12.6. The van der Waals surface area contributed by atoms with Crippen molar-refractivity contribution < 1.29 is 13.9 Å². The van der Waals surface area contributed by atoms with Crippen LogP contribution in [-0.2, 0) is 25.3 Å². The summed E-state index contributed by atoms with van der Waals surface area (Å²) in [6.07, 6.45) is 4.35. The molecule has 1 amide bonds. The molecule has 0 saturated carbocycles. The predicted molar refractivity (Wildman–Crippen MR) is 196 cm³/mol. The van der Waals surface area contributed by atoms with Gasteiger partial charge >= 0.3 is 6.01 Å². The number of nitrogen functional groups attached to an aromatic ring is 1. The summed E-state index contributed by atoms with van der Waals surface area (Å²) >= 11 is 8.57. The number of alkyl halides is 1. The van der Waals surface area contributed by atoms with Gasteiger partial charge in [-0.25, -0.2) is 4.39 Å². The van der Waals surface area contributed by atoms with Gasteiger partial charge in [0.25, 0.3) is 5.91 Å². The number of thioether (sulfide) groups is 1. The molecule has 10 nitrogen and oxygen atoms in total. The molecule has 2 fully saturated rings. The van der Waals surface area contributed by atoms with Gasteiger partial charge < -0.3 is 20.7 Å². The van der Waals surface area contributed by atoms with Crippen molar-refractivity contribution in [2.75, 3.05) is 44.4 Å². The number of rotatable bonds is 4. The lowest BCUT2D eigenvalue weighted by Crippen LogP contribution is -2.27. The number of aryl methyl sites for hydroxylation is 1. The number of nitrogens with one attached hydrogen (secondary N) is 1. The average molecular weight is 711 g/mol. The number of benzene rings is 1. The smallest absolute Gasteiger partial charge is 0.318 e. The van der Waals surface area contributed by atoms with E-state index in [1.165, 1.54) is 12.8 Å². The predicted octanol–water partition coefficient (Wildman–Crippen LogP) is 6.12. The van der Waals surface area contributed by atoms with E-state index in [1.54, 1.807) is 32.8 Å². The van der Waals surface area contributed by atoms with E-state index in [9.17, 15) is 9.18 Å². The number of carbonyl (C=O) groups is 1. The van der Waals surface area contributed by atoms with E-state index in [0.29, 0.717) is 48.0 Å². The van der Waals surface area contributed by atoms with Gasteiger partial charge in [0.05, 0.1) is 30.1 Å². The molecule has 1 aromatic carbocycles. The molecule has 49 heavy (non-hydrogen) atoms. The standard InChI is InChI=1S/C27H30ClN7O2S.C7H12FN.C2H6/c1-5-7-16-10-17(29)11-18(23(16)28)22-12-20-19(14-38-22)25(32-27(31-20)37-4)34-8-6-9-35-21(13-34)15(2)24(33-35)26(36)30-3;8-6-4-7-2-1-3-9(7)5-6;1-2/h10-11,22H,6,8-9,12-14,29H2,1-4H3,(H,30,36);6-7H,1-5H2;1-2H3. The number of ether oxygens (including phenoxy) is 1. The summed E-state index contributed by atoms with van der Waals surface area (Å²) in [7, 11) is 3.21. The number of carbonyl (C=O) groups excluding carboxylic acids is 1. The Morgan fingerprint density at radius 1 is 1.20 bits per heavy atom. The molecule has 0 spiro atoms. The largest absolute Gasteiger partial charge is 0.467 e. The van der Waals surface area contributed by atoms with E-state index < -0.39 is 6.17 Å². The monoisotopic (exact) mass is 710 g/mol. The molecule has 3 N–H and O–H groups in total. The molecule has 2 aromatic heterocycles. The topological polar surface area (TPSA) is 114 Å². The van der Waals surface area contributed by atoms with Crippen LogP contribution in [-0.4, -0.2) is 76.6 Å². The lowest BCUT2D eigenvalue weighted by atomic mass is 10.0. The molecular weight excluding hydrogens is 663 g/mol. The summed E-state index contributed by atoms with van der Waals surface area (Å²) in [4.78, 5) is 26.4. The van der Waals surface area contributed by atoms with E-state index in [2.05, 4.69) is 32.1 Å². The third kappa shape index (κ3) is 7.95. The zero-order valence-corrected chi connectivity index (χ0v) is 31.0. The molecular formula is C36H48ClFN8O2S. The van der Waals surface area contributed by atoms with Gasteiger partial charge in [0, 0.05) is 72.5 Å². The number of hydrogen-bond acceptors (Lipinski definition) is 9. The van der Waals surface area contributed by atoms with Gasteiger partial charge in [-0.2, -0.15) is 15.1 Å². The Balaban J connectivity index is 0.000000361. The number of aromatic nitrogens is 4. The molecule has 2 saturated heterocycles. The second kappa shape index (κ2) is 16.5. The molecule has 0 bridgehead atoms. The number of nitrogens with two attached hydrogens (primary N) is 1. The fourth-order valence-corrected chi connectivity index (χ4v) is 8.75. The number of anilines is 2. The molecule has 3 unspecified atom stereocenters. The van der Waals surface area contributed by atoms with Crippen molar-refractivity contribution in [3.63, 3.8) is 0 Å². The van der Waals surface area contributed by atoms with Crippen LogP contribution in [0, 0.1) is 18.8 Å². The zero-order valence-electron chi connectivity index (χ0n) is 29.4. The van der Waals surface area contributed by atoms with Gasteiger partial charge in [-0.3, -0.25) is 14.4 Å². The summed E-state index contributed by atoms with van der Waals surface area (Å²) in [6.45, 7) is 11.7. The van der Waals surface area contributed by atoms with Crippen molar-refractivity contribution in [2.45, 2.75) is 96.1 Å². The highest BCUT2D eigenvalue weighted by Gasteiger charge is 2.35. The average Bonchev–Trinajstić information content (AvgIpc) is 3.73. The Morgan fingerprint density at radius 3 is 2.71 bits per heavy atom. The van der Waals surface area contributed by atoms with E-state index in [1.807, 2.05) is 37.6 Å². The summed E-state index contributed by atoms with van der Waals surface area (Å²) in [5.41, 5.74) is 13.0. The Morgan fingerprint density at radius 2 is 2.00 bits per heavy atom. The van der Waals surface area contributed by atoms with E-state index in [4.69, 9.17) is 32.0 Å². The van der Waals surface area contributed by atoms with Gasteiger partial charge in [0.15, 0.2) is 5.69 Å². The molecule has 0 radical (unpaired) electrons. The van der Waals surface area contributed by atoms with Crippen LogP contribution in [0.4, 0.5) is 15.9 Å². The van der Waals surface area contributed by atoms with Crippen LogP contribution >= 0.6 is 23.4 Å². The summed E-state index contributed by atoms with van der Waals surface area (Å²) < 4.78 is 20.1. The molecule has 264 valence electrons. The molecule has 3 atom stereocenters. The number of amides is 1. The van der Waals surface area contributed by atoms with Crippen LogP contribution in [0.1, 0.15) is 95.8 Å². The first-order valence-electron chi connectivity index (χ1n) is 17.2. The molecule has 0 aliphatic carbocycles. The van der Waals surface area contributed by atoms with Crippen LogP contribution in [0.15, 0.2) is 12.1 Å². The minimum absolute atomic E-state index is 0.0753. The number of nitrogens with zero attached hydrogens (tertiary/aromatic N) is 6. The fraction of sp³-hybridized carbons (Fsp3) is 0.556. The van der Waals surface area contributed by atoms with E-state index in [-0.39, 0.29) is 11.2 Å². The normalized spacial score (nSPS) is 21.0. The highest BCUT2D eigenvalue weighted by molar-refractivity contribution is 7.98. The summed E-state index contributed by atoms with van der Waals surface area (Å²) in [5.74, 6) is 7.39. The molecule has 4 aliphatic heterocycles. The molecule has 3 aromatic rings. The number of fused-ring (bicyclic) bond motifs is 3. The maximum Gasteiger partial charge on any atom is 0.318 e.